The molecule has 0 saturated heterocycles. The third kappa shape index (κ3) is 2.39. The lowest BCUT2D eigenvalue weighted by Crippen LogP contribution is -2.26. The first-order valence-electron chi connectivity index (χ1n) is 4.60. The summed E-state index contributed by atoms with van der Waals surface area (Å²) >= 11 is 0. The Morgan fingerprint density at radius 1 is 1.56 bits per heavy atom. The number of halogens is 2. The molecular formula is C10H11F2NO3. The van der Waals surface area contributed by atoms with Crippen molar-refractivity contribution in [3.63, 3.8) is 0 Å². The van der Waals surface area contributed by atoms with Crippen molar-refractivity contribution in [1.82, 2.24) is 0 Å². The fourth-order valence-corrected chi connectivity index (χ4v) is 1.10. The molecule has 4 nitrogen and oxygen atoms in total. The fourth-order valence-electron chi connectivity index (χ4n) is 1.10. The van der Waals surface area contributed by atoms with Gasteiger partial charge in [0.25, 0.3) is 0 Å². The van der Waals surface area contributed by atoms with Crippen LogP contribution in [0.3, 0.4) is 0 Å². The van der Waals surface area contributed by atoms with Crippen LogP contribution < -0.4 is 10.5 Å². The van der Waals surface area contributed by atoms with E-state index >= 15 is 0 Å². The SMILES string of the molecule is CCC(Oc1ccc(F)c(N)c1F)C(=O)O. The molecular weight excluding hydrogens is 220 g/mol. The number of carbonyl (C=O) groups is 1. The van der Waals surface area contributed by atoms with Crippen LogP contribution in [0.1, 0.15) is 13.3 Å². The van der Waals surface area contributed by atoms with Crippen LogP contribution >= 0.6 is 0 Å². The van der Waals surface area contributed by atoms with Gasteiger partial charge in [-0.15, -0.1) is 0 Å². The highest BCUT2D eigenvalue weighted by Gasteiger charge is 2.20. The second kappa shape index (κ2) is 4.78. The molecule has 0 aliphatic carbocycles. The number of hydrogen-bond acceptors (Lipinski definition) is 3. The number of carboxylic acids is 1. The quantitative estimate of drug-likeness (QED) is 0.775. The Hall–Kier alpha value is -1.85. The van der Waals surface area contributed by atoms with Crippen LogP contribution in [-0.2, 0) is 4.79 Å². The lowest BCUT2D eigenvalue weighted by molar-refractivity contribution is -0.145. The Labute approximate surface area is 90.6 Å². The molecule has 0 amide bonds. The van der Waals surface area contributed by atoms with Gasteiger partial charge in [-0.1, -0.05) is 6.92 Å². The molecule has 0 saturated carbocycles. The number of rotatable bonds is 4. The zero-order chi connectivity index (χ0) is 12.3. The highest BCUT2D eigenvalue weighted by Crippen LogP contribution is 2.26. The summed E-state index contributed by atoms with van der Waals surface area (Å²) in [6.07, 6.45) is -1.02. The van der Waals surface area contributed by atoms with Crippen molar-refractivity contribution in [2.24, 2.45) is 0 Å². The first-order valence-corrected chi connectivity index (χ1v) is 4.60. The van der Waals surface area contributed by atoms with Crippen LogP contribution in [0.2, 0.25) is 0 Å². The molecule has 0 aliphatic heterocycles. The van der Waals surface area contributed by atoms with Gasteiger partial charge in [-0.3, -0.25) is 0 Å². The van der Waals surface area contributed by atoms with Crippen molar-refractivity contribution in [3.8, 4) is 5.75 Å². The molecule has 88 valence electrons. The Morgan fingerprint density at radius 3 is 2.69 bits per heavy atom. The Bertz CT molecular complexity index is 409. The van der Waals surface area contributed by atoms with Crippen molar-refractivity contribution in [2.45, 2.75) is 19.4 Å². The number of ether oxygens (including phenoxy) is 1. The van der Waals surface area contributed by atoms with E-state index in [4.69, 9.17) is 15.6 Å². The summed E-state index contributed by atoms with van der Waals surface area (Å²) in [4.78, 5) is 10.6. The number of hydrogen-bond donors (Lipinski definition) is 2. The predicted octanol–water partition coefficient (Wildman–Crippen LogP) is 1.79. The molecule has 0 heterocycles. The first-order chi connectivity index (χ1) is 7.47. The van der Waals surface area contributed by atoms with E-state index in [1.54, 1.807) is 6.92 Å². The average Bonchev–Trinajstić information content (AvgIpc) is 2.25. The Morgan fingerprint density at radius 2 is 2.19 bits per heavy atom. The highest BCUT2D eigenvalue weighted by atomic mass is 19.1. The minimum atomic E-state index is -1.22. The van der Waals surface area contributed by atoms with E-state index in [-0.39, 0.29) is 12.2 Å². The molecule has 0 radical (unpaired) electrons. The molecule has 1 aromatic rings. The van der Waals surface area contributed by atoms with Crippen molar-refractivity contribution in [2.75, 3.05) is 5.73 Å². The van der Waals surface area contributed by atoms with Gasteiger partial charge in [0.1, 0.15) is 11.5 Å². The van der Waals surface area contributed by atoms with Crippen molar-refractivity contribution < 1.29 is 23.4 Å². The van der Waals surface area contributed by atoms with Crippen molar-refractivity contribution in [3.05, 3.63) is 23.8 Å². The molecule has 1 rings (SSSR count). The Balaban J connectivity index is 2.97. The van der Waals surface area contributed by atoms with Gasteiger partial charge in [0.15, 0.2) is 17.7 Å². The van der Waals surface area contributed by atoms with Crippen LogP contribution in [0.15, 0.2) is 12.1 Å². The van der Waals surface area contributed by atoms with E-state index in [2.05, 4.69) is 0 Å². The van der Waals surface area contributed by atoms with Crippen molar-refractivity contribution in [1.29, 1.82) is 0 Å². The minimum Gasteiger partial charge on any atom is -0.479 e. The maximum Gasteiger partial charge on any atom is 0.344 e. The third-order valence-electron chi connectivity index (χ3n) is 2.01. The molecule has 16 heavy (non-hydrogen) atoms. The van der Waals surface area contributed by atoms with Crippen LogP contribution in [0, 0.1) is 11.6 Å². The zero-order valence-corrected chi connectivity index (χ0v) is 8.54. The van der Waals surface area contributed by atoms with Crippen LogP contribution in [-0.4, -0.2) is 17.2 Å². The number of nitrogens with two attached hydrogens (primary N) is 1. The first kappa shape index (κ1) is 12.2. The molecule has 6 heteroatoms. The summed E-state index contributed by atoms with van der Waals surface area (Å²) < 4.78 is 31.0. The van der Waals surface area contributed by atoms with Gasteiger partial charge in [0.05, 0.1) is 0 Å². The molecule has 0 aromatic heterocycles. The molecule has 0 fully saturated rings. The van der Waals surface area contributed by atoms with Gasteiger partial charge in [-0.2, -0.15) is 0 Å². The molecule has 0 spiro atoms. The zero-order valence-electron chi connectivity index (χ0n) is 8.54. The highest BCUT2D eigenvalue weighted by molar-refractivity contribution is 5.72. The molecule has 0 bridgehead atoms. The number of carboxylic acid groups (broad SMARTS) is 1. The normalized spacial score (nSPS) is 12.2. The number of anilines is 1. The monoisotopic (exact) mass is 231 g/mol. The predicted molar refractivity (Wildman–Crippen MR) is 53.1 cm³/mol. The van der Waals surface area contributed by atoms with Gasteiger partial charge in [-0.05, 0) is 18.6 Å². The summed E-state index contributed by atoms with van der Waals surface area (Å²) in [5, 5.41) is 8.70. The van der Waals surface area contributed by atoms with Crippen LogP contribution in [0.5, 0.6) is 5.75 Å². The van der Waals surface area contributed by atoms with E-state index < -0.39 is 29.4 Å². The van der Waals surface area contributed by atoms with Gasteiger partial charge >= 0.3 is 5.97 Å². The van der Waals surface area contributed by atoms with E-state index in [1.807, 2.05) is 0 Å². The second-order valence-electron chi connectivity index (χ2n) is 3.13. The number of aliphatic carboxylic acids is 1. The van der Waals surface area contributed by atoms with Gasteiger partial charge in [0, 0.05) is 0 Å². The molecule has 3 N–H and O–H groups in total. The number of nitrogen functional groups attached to an aromatic ring is 1. The largest absolute Gasteiger partial charge is 0.479 e. The minimum absolute atomic E-state index is 0.159. The van der Waals surface area contributed by atoms with Crippen molar-refractivity contribution >= 4 is 11.7 Å². The summed E-state index contributed by atoms with van der Waals surface area (Å²) in [6.45, 7) is 1.57. The van der Waals surface area contributed by atoms with E-state index in [0.717, 1.165) is 12.1 Å². The maximum atomic E-state index is 13.3. The lowest BCUT2D eigenvalue weighted by Gasteiger charge is -2.14. The molecule has 1 atom stereocenters. The smallest absolute Gasteiger partial charge is 0.344 e. The van der Waals surface area contributed by atoms with Crippen LogP contribution in [0.4, 0.5) is 14.5 Å². The summed E-state index contributed by atoms with van der Waals surface area (Å²) in [6, 6.07) is 1.93. The summed E-state index contributed by atoms with van der Waals surface area (Å²) in [5.74, 6) is -3.58. The van der Waals surface area contributed by atoms with E-state index in [9.17, 15) is 13.6 Å². The van der Waals surface area contributed by atoms with Gasteiger partial charge < -0.3 is 15.6 Å². The number of benzene rings is 1. The molecule has 1 aromatic carbocycles. The third-order valence-corrected chi connectivity index (χ3v) is 2.01. The van der Waals surface area contributed by atoms with Crippen LogP contribution in [0.25, 0.3) is 0 Å². The topological polar surface area (TPSA) is 72.5 Å². The standard InChI is InChI=1S/C10H11F2NO3/c1-2-6(10(14)15)16-7-4-3-5(11)9(13)8(7)12/h3-4,6H,2,13H2,1H3,(H,14,15). The second-order valence-corrected chi connectivity index (χ2v) is 3.13. The van der Waals surface area contributed by atoms with E-state index in [0.29, 0.717) is 0 Å². The Kier molecular flexibility index (Phi) is 3.65. The summed E-state index contributed by atoms with van der Waals surface area (Å²) in [5.41, 5.74) is 4.42. The maximum absolute atomic E-state index is 13.3. The summed E-state index contributed by atoms with van der Waals surface area (Å²) in [7, 11) is 0. The van der Waals surface area contributed by atoms with Gasteiger partial charge in [0.2, 0.25) is 0 Å². The molecule has 1 unspecified atom stereocenters. The lowest BCUT2D eigenvalue weighted by atomic mass is 10.2. The average molecular weight is 231 g/mol. The fraction of sp³-hybridized carbons (Fsp3) is 0.300. The van der Waals surface area contributed by atoms with E-state index in [1.165, 1.54) is 0 Å². The molecule has 0 aliphatic rings. The van der Waals surface area contributed by atoms with Gasteiger partial charge in [-0.25, -0.2) is 13.6 Å².